The molecule has 2 N–H and O–H groups in total. The normalized spacial score (nSPS) is 15.5. The van der Waals surface area contributed by atoms with Crippen molar-refractivity contribution in [1.82, 2.24) is 20.5 Å². The molecule has 0 radical (unpaired) electrons. The van der Waals surface area contributed by atoms with Gasteiger partial charge < -0.3 is 15.0 Å². The van der Waals surface area contributed by atoms with Gasteiger partial charge in [-0.1, -0.05) is 55.9 Å². The monoisotopic (exact) mass is 473 g/mol. The van der Waals surface area contributed by atoms with Crippen LogP contribution in [-0.4, -0.2) is 54.8 Å². The van der Waals surface area contributed by atoms with Gasteiger partial charge in [0.2, 0.25) is 5.82 Å². The Bertz CT molecular complexity index is 1270. The Kier molecular flexibility index (Phi) is 6.52. The van der Waals surface area contributed by atoms with Crippen molar-refractivity contribution in [1.29, 1.82) is 0 Å². The van der Waals surface area contributed by atoms with E-state index in [2.05, 4.69) is 51.6 Å². The maximum Gasteiger partial charge on any atom is 0.291 e. The van der Waals surface area contributed by atoms with E-state index >= 15 is 0 Å². The smallest absolute Gasteiger partial charge is 0.291 e. The zero-order valence-electron chi connectivity index (χ0n) is 19.7. The Labute approximate surface area is 199 Å². The van der Waals surface area contributed by atoms with Gasteiger partial charge in [0, 0.05) is 19.0 Å². The Morgan fingerprint density at radius 1 is 1.24 bits per heavy atom. The molecule has 1 aliphatic heterocycles. The summed E-state index contributed by atoms with van der Waals surface area (Å²) in [5, 5.41) is 9.50. The van der Waals surface area contributed by atoms with Gasteiger partial charge in [-0.25, -0.2) is 4.98 Å². The average Bonchev–Trinajstić information content (AvgIpc) is 3.24. The zero-order chi connectivity index (χ0) is 24.3. The average molecular weight is 474 g/mol. The van der Waals surface area contributed by atoms with Crippen LogP contribution in [0.5, 0.6) is 5.75 Å². The Balaban J connectivity index is 1.46. The van der Waals surface area contributed by atoms with Gasteiger partial charge >= 0.3 is 0 Å². The molecule has 1 aliphatic rings. The number of rotatable bonds is 4. The summed E-state index contributed by atoms with van der Waals surface area (Å²) in [5.41, 5.74) is 5.81. The number of nitrogens with one attached hydrogen (secondary N) is 2. The standard InChI is InChI=1S/C25H27N5O3Si/c1-30-20-14-18(12-13-34(2,3)4)10-11-21(20)33-16-19(25(30)32)26-24(31)23-27-22(28-29-23)15-17-8-6-5-7-9-17/h5-11,14,19H,15-16H2,1-4H3,(H,26,31)(H,27,28,29). The molecule has 0 saturated carbocycles. The number of anilines is 1. The molecular formula is C25H27N5O3Si. The first-order chi connectivity index (χ1) is 16.2. The molecule has 1 unspecified atom stereocenters. The predicted octanol–water partition coefficient (Wildman–Crippen LogP) is 2.78. The molecule has 3 aromatic rings. The maximum absolute atomic E-state index is 13.1. The first-order valence-electron chi connectivity index (χ1n) is 11.0. The number of H-pyrrole nitrogens is 1. The quantitative estimate of drug-likeness (QED) is 0.448. The summed E-state index contributed by atoms with van der Waals surface area (Å²) >= 11 is 0. The molecule has 34 heavy (non-hydrogen) atoms. The fraction of sp³-hybridized carbons (Fsp3) is 0.280. The molecule has 174 valence electrons. The molecule has 4 rings (SSSR count). The number of carbonyl (C=O) groups excluding carboxylic acids is 2. The third-order valence-electron chi connectivity index (χ3n) is 5.19. The summed E-state index contributed by atoms with van der Waals surface area (Å²) in [6.07, 6.45) is 0.521. The minimum Gasteiger partial charge on any atom is -0.489 e. The van der Waals surface area contributed by atoms with Crippen LogP contribution in [0.3, 0.4) is 0 Å². The van der Waals surface area contributed by atoms with Crippen LogP contribution in [0.15, 0.2) is 48.5 Å². The second kappa shape index (κ2) is 9.53. The maximum atomic E-state index is 13.1. The van der Waals surface area contributed by atoms with E-state index in [0.29, 0.717) is 23.7 Å². The molecule has 0 fully saturated rings. The van der Waals surface area contributed by atoms with Crippen LogP contribution >= 0.6 is 0 Å². The third-order valence-corrected chi connectivity index (χ3v) is 6.07. The fourth-order valence-corrected chi connectivity index (χ4v) is 3.95. The first-order valence-corrected chi connectivity index (χ1v) is 14.5. The van der Waals surface area contributed by atoms with Crippen molar-refractivity contribution in [2.75, 3.05) is 18.6 Å². The van der Waals surface area contributed by atoms with Crippen molar-refractivity contribution < 1.29 is 14.3 Å². The molecule has 0 aliphatic carbocycles. The van der Waals surface area contributed by atoms with Crippen LogP contribution in [0.2, 0.25) is 19.6 Å². The van der Waals surface area contributed by atoms with Gasteiger partial charge in [-0.05, 0) is 23.8 Å². The van der Waals surface area contributed by atoms with E-state index in [4.69, 9.17) is 4.74 Å². The summed E-state index contributed by atoms with van der Waals surface area (Å²) in [7, 11) is 0.129. The van der Waals surface area contributed by atoms with E-state index in [1.807, 2.05) is 48.5 Å². The van der Waals surface area contributed by atoms with Crippen LogP contribution < -0.4 is 15.0 Å². The minimum atomic E-state index is -1.53. The van der Waals surface area contributed by atoms with Gasteiger partial charge in [-0.3, -0.25) is 14.7 Å². The molecule has 0 saturated heterocycles. The van der Waals surface area contributed by atoms with E-state index in [0.717, 1.165) is 11.1 Å². The third kappa shape index (κ3) is 5.53. The summed E-state index contributed by atoms with van der Waals surface area (Å²) in [6, 6.07) is 14.4. The fourth-order valence-electron chi connectivity index (χ4n) is 3.43. The first kappa shape index (κ1) is 23.3. The lowest BCUT2D eigenvalue weighted by molar-refractivity contribution is -0.120. The lowest BCUT2D eigenvalue weighted by atomic mass is 10.1. The molecule has 2 heterocycles. The largest absolute Gasteiger partial charge is 0.489 e. The molecule has 0 bridgehead atoms. The highest BCUT2D eigenvalue weighted by Gasteiger charge is 2.31. The summed E-state index contributed by atoms with van der Waals surface area (Å²) < 4.78 is 5.86. The van der Waals surface area contributed by atoms with Crippen molar-refractivity contribution in [3.63, 3.8) is 0 Å². The van der Waals surface area contributed by atoms with Crippen molar-refractivity contribution in [3.8, 4) is 17.2 Å². The number of nitrogens with zero attached hydrogens (tertiary/aromatic N) is 3. The highest BCUT2D eigenvalue weighted by molar-refractivity contribution is 6.83. The summed E-state index contributed by atoms with van der Waals surface area (Å²) in [4.78, 5) is 31.6. The SMILES string of the molecule is CN1C(=O)C(NC(=O)c2n[nH]c(Cc3ccccc3)n2)COc2ccc(C#C[Si](C)(C)C)cc21. The van der Waals surface area contributed by atoms with Gasteiger partial charge in [0.25, 0.3) is 11.8 Å². The van der Waals surface area contributed by atoms with Gasteiger partial charge in [-0.2, -0.15) is 0 Å². The second-order valence-electron chi connectivity index (χ2n) is 9.18. The number of fused-ring (bicyclic) bond motifs is 1. The van der Waals surface area contributed by atoms with Crippen molar-refractivity contribution in [3.05, 3.63) is 71.3 Å². The van der Waals surface area contributed by atoms with Crippen LogP contribution in [-0.2, 0) is 11.2 Å². The van der Waals surface area contributed by atoms with Gasteiger partial charge in [-0.15, -0.1) is 10.6 Å². The van der Waals surface area contributed by atoms with Crippen LogP contribution in [0.1, 0.15) is 27.6 Å². The zero-order valence-corrected chi connectivity index (χ0v) is 20.7. The molecule has 1 atom stereocenters. The predicted molar refractivity (Wildman–Crippen MR) is 132 cm³/mol. The molecule has 9 heteroatoms. The van der Waals surface area contributed by atoms with E-state index in [1.165, 1.54) is 4.90 Å². The van der Waals surface area contributed by atoms with Gasteiger partial charge in [0.15, 0.2) is 0 Å². The Morgan fingerprint density at radius 2 is 2.00 bits per heavy atom. The number of carbonyl (C=O) groups is 2. The highest BCUT2D eigenvalue weighted by atomic mass is 28.3. The van der Waals surface area contributed by atoms with Crippen LogP contribution in [0, 0.1) is 11.5 Å². The van der Waals surface area contributed by atoms with E-state index < -0.39 is 20.0 Å². The van der Waals surface area contributed by atoms with E-state index in [-0.39, 0.29) is 18.3 Å². The van der Waals surface area contributed by atoms with Gasteiger partial charge in [0.1, 0.15) is 32.3 Å². The van der Waals surface area contributed by atoms with Crippen LogP contribution in [0.25, 0.3) is 0 Å². The Morgan fingerprint density at radius 3 is 2.74 bits per heavy atom. The number of aromatic nitrogens is 3. The highest BCUT2D eigenvalue weighted by Crippen LogP contribution is 2.31. The lowest BCUT2D eigenvalue weighted by Crippen LogP contribution is -2.49. The van der Waals surface area contributed by atoms with Crippen molar-refractivity contribution in [2.45, 2.75) is 32.1 Å². The number of benzene rings is 2. The summed E-state index contributed by atoms with van der Waals surface area (Å²) in [5.74, 6) is 3.48. The number of hydrogen-bond donors (Lipinski definition) is 2. The van der Waals surface area contributed by atoms with E-state index in [1.54, 1.807) is 7.05 Å². The molecule has 2 amide bonds. The van der Waals surface area contributed by atoms with Gasteiger partial charge in [0.05, 0.1) is 5.69 Å². The second-order valence-corrected chi connectivity index (χ2v) is 13.9. The summed E-state index contributed by atoms with van der Waals surface area (Å²) in [6.45, 7) is 6.53. The number of aromatic amines is 1. The Hall–Kier alpha value is -3.90. The molecule has 1 aromatic heterocycles. The number of ether oxygens (including phenoxy) is 1. The number of likely N-dealkylation sites (N-methyl/N-ethyl adjacent to an activating group) is 1. The molecule has 8 nitrogen and oxygen atoms in total. The minimum absolute atomic E-state index is 0.00311. The van der Waals surface area contributed by atoms with Crippen molar-refractivity contribution >= 4 is 25.6 Å². The number of amides is 2. The molecular weight excluding hydrogens is 446 g/mol. The lowest BCUT2D eigenvalue weighted by Gasteiger charge is -2.20. The van der Waals surface area contributed by atoms with E-state index in [9.17, 15) is 9.59 Å². The topological polar surface area (TPSA) is 100 Å². The molecule has 0 spiro atoms. The number of hydrogen-bond acceptors (Lipinski definition) is 5. The van der Waals surface area contributed by atoms with Crippen molar-refractivity contribution in [2.24, 2.45) is 0 Å². The molecule has 2 aromatic carbocycles. The van der Waals surface area contributed by atoms with Crippen LogP contribution in [0.4, 0.5) is 5.69 Å².